The van der Waals surface area contributed by atoms with Gasteiger partial charge in [0.2, 0.25) is 0 Å². The van der Waals surface area contributed by atoms with Gasteiger partial charge in [0, 0.05) is 25.7 Å². The van der Waals surface area contributed by atoms with Crippen molar-refractivity contribution in [3.8, 4) is 0 Å². The topological polar surface area (TPSA) is 75.4 Å². The van der Waals surface area contributed by atoms with E-state index in [4.69, 9.17) is 5.73 Å². The normalized spacial score (nSPS) is 28.4. The van der Waals surface area contributed by atoms with Crippen molar-refractivity contribution < 1.29 is 8.42 Å². The average Bonchev–Trinajstić information content (AvgIpc) is 2.46. The smallest absolute Gasteiger partial charge is 0.279 e. The van der Waals surface area contributed by atoms with Crippen LogP contribution in [-0.4, -0.2) is 38.4 Å². The fourth-order valence-corrected chi connectivity index (χ4v) is 5.14. The molecule has 0 aromatic rings. The van der Waals surface area contributed by atoms with Crippen molar-refractivity contribution in [2.24, 2.45) is 17.6 Å². The lowest BCUT2D eigenvalue weighted by Crippen LogP contribution is -2.53. The van der Waals surface area contributed by atoms with E-state index in [9.17, 15) is 8.42 Å². The molecule has 6 heteroatoms. The van der Waals surface area contributed by atoms with Crippen LogP contribution >= 0.6 is 0 Å². The standard InChI is InChI=1S/C14H29N3O2S/c1-12-6-5-9-17(11-12)20(18,19)16-14(10-15)13-7-3-2-4-8-13/h12-14,16H,2-11,15H2,1H3. The van der Waals surface area contributed by atoms with Crippen LogP contribution < -0.4 is 10.5 Å². The maximum Gasteiger partial charge on any atom is 0.279 e. The Hall–Kier alpha value is -0.170. The molecule has 3 N–H and O–H groups in total. The molecule has 2 rings (SSSR count). The second-order valence-corrected chi connectivity index (χ2v) is 8.17. The molecule has 0 spiro atoms. The Morgan fingerprint density at radius 1 is 1.20 bits per heavy atom. The van der Waals surface area contributed by atoms with Gasteiger partial charge in [-0.2, -0.15) is 17.4 Å². The van der Waals surface area contributed by atoms with Crippen molar-refractivity contribution in [2.45, 2.75) is 57.9 Å². The van der Waals surface area contributed by atoms with Gasteiger partial charge in [0.15, 0.2) is 0 Å². The molecule has 1 aliphatic heterocycles. The van der Waals surface area contributed by atoms with Gasteiger partial charge < -0.3 is 5.73 Å². The van der Waals surface area contributed by atoms with E-state index in [-0.39, 0.29) is 6.04 Å². The molecule has 5 nitrogen and oxygen atoms in total. The van der Waals surface area contributed by atoms with Crippen molar-refractivity contribution in [1.82, 2.24) is 9.03 Å². The highest BCUT2D eigenvalue weighted by molar-refractivity contribution is 7.87. The summed E-state index contributed by atoms with van der Waals surface area (Å²) in [4.78, 5) is 0. The highest BCUT2D eigenvalue weighted by Gasteiger charge is 2.31. The zero-order valence-corrected chi connectivity index (χ0v) is 13.4. The van der Waals surface area contributed by atoms with Crippen molar-refractivity contribution in [3.63, 3.8) is 0 Å². The second-order valence-electron chi connectivity index (χ2n) is 6.47. The van der Waals surface area contributed by atoms with Crippen molar-refractivity contribution in [2.75, 3.05) is 19.6 Å². The number of rotatable bonds is 5. The fraction of sp³-hybridized carbons (Fsp3) is 1.00. The van der Waals surface area contributed by atoms with Gasteiger partial charge in [0.05, 0.1) is 0 Å². The molecule has 2 atom stereocenters. The maximum atomic E-state index is 12.5. The van der Waals surface area contributed by atoms with Crippen LogP contribution in [0.3, 0.4) is 0 Å². The Morgan fingerprint density at radius 3 is 2.50 bits per heavy atom. The van der Waals surface area contributed by atoms with Crippen LogP contribution in [0.25, 0.3) is 0 Å². The minimum atomic E-state index is -3.37. The summed E-state index contributed by atoms with van der Waals surface area (Å²) < 4.78 is 29.5. The number of nitrogens with zero attached hydrogens (tertiary/aromatic N) is 1. The quantitative estimate of drug-likeness (QED) is 0.807. The maximum absolute atomic E-state index is 12.5. The van der Waals surface area contributed by atoms with Gasteiger partial charge in [-0.05, 0) is 37.5 Å². The number of nitrogens with two attached hydrogens (primary N) is 1. The molecule has 20 heavy (non-hydrogen) atoms. The van der Waals surface area contributed by atoms with E-state index < -0.39 is 10.2 Å². The van der Waals surface area contributed by atoms with E-state index in [2.05, 4.69) is 11.6 Å². The van der Waals surface area contributed by atoms with Crippen LogP contribution in [-0.2, 0) is 10.2 Å². The summed E-state index contributed by atoms with van der Waals surface area (Å²) in [7, 11) is -3.37. The monoisotopic (exact) mass is 303 g/mol. The molecule has 1 saturated heterocycles. The van der Waals surface area contributed by atoms with Gasteiger partial charge in [-0.1, -0.05) is 26.2 Å². The average molecular weight is 303 g/mol. The van der Waals surface area contributed by atoms with Crippen LogP contribution in [0.4, 0.5) is 0 Å². The molecule has 0 aromatic heterocycles. The van der Waals surface area contributed by atoms with E-state index in [1.807, 2.05) is 0 Å². The van der Waals surface area contributed by atoms with E-state index in [1.54, 1.807) is 4.31 Å². The first-order valence-corrected chi connectivity index (χ1v) is 9.44. The van der Waals surface area contributed by atoms with Crippen LogP contribution in [0.2, 0.25) is 0 Å². The van der Waals surface area contributed by atoms with Crippen molar-refractivity contribution in [3.05, 3.63) is 0 Å². The minimum Gasteiger partial charge on any atom is -0.329 e. The summed E-state index contributed by atoms with van der Waals surface area (Å²) in [5, 5.41) is 0. The molecule has 118 valence electrons. The summed E-state index contributed by atoms with van der Waals surface area (Å²) in [6.45, 7) is 3.79. The van der Waals surface area contributed by atoms with Gasteiger partial charge in [-0.25, -0.2) is 0 Å². The Kier molecular flexibility index (Phi) is 5.84. The Bertz CT molecular complexity index is 393. The third kappa shape index (κ3) is 4.16. The molecule has 2 unspecified atom stereocenters. The molecule has 2 aliphatic rings. The fourth-order valence-electron chi connectivity index (χ4n) is 3.50. The first-order chi connectivity index (χ1) is 9.53. The summed E-state index contributed by atoms with van der Waals surface area (Å²) in [5.41, 5.74) is 5.82. The second kappa shape index (κ2) is 7.20. The SMILES string of the molecule is CC1CCCN(S(=O)(=O)NC(CN)C2CCCCC2)C1. The zero-order chi connectivity index (χ0) is 14.6. The molecule has 1 saturated carbocycles. The Labute approximate surface area is 123 Å². The largest absolute Gasteiger partial charge is 0.329 e. The summed E-state index contributed by atoms with van der Waals surface area (Å²) in [6.07, 6.45) is 7.94. The predicted molar refractivity (Wildman–Crippen MR) is 81.4 cm³/mol. The number of piperidine rings is 1. The van der Waals surface area contributed by atoms with Gasteiger partial charge in [-0.15, -0.1) is 0 Å². The lowest BCUT2D eigenvalue weighted by Gasteiger charge is -2.34. The summed E-state index contributed by atoms with van der Waals surface area (Å²) in [5.74, 6) is 0.858. The molecule has 1 heterocycles. The van der Waals surface area contributed by atoms with Crippen molar-refractivity contribution >= 4 is 10.2 Å². The van der Waals surface area contributed by atoms with Gasteiger partial charge in [0.1, 0.15) is 0 Å². The van der Waals surface area contributed by atoms with Crippen LogP contribution in [0.15, 0.2) is 0 Å². The third-order valence-corrected chi connectivity index (χ3v) is 6.34. The van der Waals surface area contributed by atoms with E-state index >= 15 is 0 Å². The molecule has 0 aromatic carbocycles. The van der Waals surface area contributed by atoms with E-state index in [0.29, 0.717) is 31.5 Å². The first kappa shape index (κ1) is 16.2. The summed E-state index contributed by atoms with van der Waals surface area (Å²) >= 11 is 0. The molecule has 1 aliphatic carbocycles. The number of hydrogen-bond donors (Lipinski definition) is 2. The zero-order valence-electron chi connectivity index (χ0n) is 12.6. The van der Waals surface area contributed by atoms with Gasteiger partial charge in [-0.3, -0.25) is 0 Å². The van der Waals surface area contributed by atoms with Crippen molar-refractivity contribution in [1.29, 1.82) is 0 Å². The Morgan fingerprint density at radius 2 is 1.90 bits per heavy atom. The highest BCUT2D eigenvalue weighted by Crippen LogP contribution is 2.27. The molecular formula is C14H29N3O2S. The van der Waals surface area contributed by atoms with Crippen LogP contribution in [0.5, 0.6) is 0 Å². The lowest BCUT2D eigenvalue weighted by molar-refractivity contribution is 0.262. The number of hydrogen-bond acceptors (Lipinski definition) is 3. The van der Waals surface area contributed by atoms with Crippen LogP contribution in [0.1, 0.15) is 51.9 Å². The predicted octanol–water partition coefficient (Wildman–Crippen LogP) is 1.46. The Balaban J connectivity index is 1.97. The van der Waals surface area contributed by atoms with Gasteiger partial charge >= 0.3 is 0 Å². The highest BCUT2D eigenvalue weighted by atomic mass is 32.2. The van der Waals surface area contributed by atoms with Crippen LogP contribution in [0, 0.1) is 11.8 Å². The first-order valence-electron chi connectivity index (χ1n) is 8.00. The third-order valence-electron chi connectivity index (χ3n) is 4.73. The minimum absolute atomic E-state index is 0.0995. The molecular weight excluding hydrogens is 274 g/mol. The number of nitrogens with one attached hydrogen (secondary N) is 1. The lowest BCUT2D eigenvalue weighted by atomic mass is 9.84. The molecule has 2 fully saturated rings. The molecule has 0 bridgehead atoms. The van der Waals surface area contributed by atoms with E-state index in [1.165, 1.54) is 19.3 Å². The van der Waals surface area contributed by atoms with E-state index in [0.717, 1.165) is 25.7 Å². The summed E-state index contributed by atoms with van der Waals surface area (Å²) in [6, 6.07) is -0.0995. The van der Waals surface area contributed by atoms with Gasteiger partial charge in [0.25, 0.3) is 10.2 Å². The molecule has 0 amide bonds. The molecule has 0 radical (unpaired) electrons.